The predicted molar refractivity (Wildman–Crippen MR) is 89.2 cm³/mol. The normalized spacial score (nSPS) is 34.8. The largest absolute Gasteiger partial charge is 0.494 e. The van der Waals surface area contributed by atoms with Crippen molar-refractivity contribution in [3.63, 3.8) is 0 Å². The van der Waals surface area contributed by atoms with Crippen molar-refractivity contribution < 1.29 is 23.7 Å². The van der Waals surface area contributed by atoms with Crippen molar-refractivity contribution in [2.75, 3.05) is 13.9 Å². The Morgan fingerprint density at radius 2 is 2.08 bits per heavy atom. The molecule has 0 aromatic heterocycles. The molecule has 2 aliphatic heterocycles. The van der Waals surface area contributed by atoms with Crippen LogP contribution in [0.5, 0.6) is 11.5 Å². The van der Waals surface area contributed by atoms with Crippen LogP contribution in [0.4, 0.5) is 0 Å². The lowest BCUT2D eigenvalue weighted by molar-refractivity contribution is -0.114. The Hall–Kier alpha value is -2.43. The number of fused-ring (bicyclic) bond motifs is 2. The van der Waals surface area contributed by atoms with Gasteiger partial charge in [-0.2, -0.15) is 0 Å². The highest BCUT2D eigenvalue weighted by Crippen LogP contribution is 2.61. The Kier molecular flexibility index (Phi) is 3.00. The number of allylic oxidation sites excluding steroid dienone is 2. The van der Waals surface area contributed by atoms with Gasteiger partial charge in [0.05, 0.1) is 12.5 Å². The Morgan fingerprint density at radius 3 is 2.92 bits per heavy atom. The molecule has 0 unspecified atom stereocenters. The number of carbonyl (C=O) groups excluding carboxylic acids is 1. The summed E-state index contributed by atoms with van der Waals surface area (Å²) in [6, 6.07) is 6.19. The summed E-state index contributed by atoms with van der Waals surface area (Å²) in [5.74, 6) is 3.34. The van der Waals surface area contributed by atoms with Gasteiger partial charge in [-0.1, -0.05) is 13.0 Å². The highest BCUT2D eigenvalue weighted by molar-refractivity contribution is 6.04. The van der Waals surface area contributed by atoms with E-state index in [2.05, 4.69) is 19.1 Å². The van der Waals surface area contributed by atoms with E-state index >= 15 is 0 Å². The van der Waals surface area contributed by atoms with Crippen molar-refractivity contribution in [2.24, 2.45) is 11.3 Å². The van der Waals surface area contributed by atoms with Crippen LogP contribution in [0.3, 0.4) is 0 Å². The average Bonchev–Trinajstić information content (AvgIpc) is 3.19. The van der Waals surface area contributed by atoms with Gasteiger partial charge in [0, 0.05) is 12.5 Å². The van der Waals surface area contributed by atoms with E-state index in [0.29, 0.717) is 11.7 Å². The minimum atomic E-state index is -0.261. The molecule has 2 heterocycles. The lowest BCUT2D eigenvalue weighted by Crippen LogP contribution is -2.37. The number of hydrogen-bond acceptors (Lipinski definition) is 5. The maximum absolute atomic E-state index is 12.2. The Balaban J connectivity index is 1.56. The monoisotopic (exact) mass is 340 g/mol. The van der Waals surface area contributed by atoms with Crippen LogP contribution in [0, 0.1) is 11.3 Å². The zero-order valence-electron chi connectivity index (χ0n) is 14.3. The number of rotatable bonds is 2. The summed E-state index contributed by atoms with van der Waals surface area (Å²) in [5, 5.41) is 0. The second-order valence-corrected chi connectivity index (χ2v) is 7.31. The van der Waals surface area contributed by atoms with E-state index in [-0.39, 0.29) is 30.0 Å². The number of hydrogen-bond donors (Lipinski definition) is 0. The van der Waals surface area contributed by atoms with Gasteiger partial charge in [0.25, 0.3) is 0 Å². The van der Waals surface area contributed by atoms with Crippen LogP contribution in [0.25, 0.3) is 0 Å². The molecule has 1 saturated carbocycles. The maximum Gasteiger partial charge on any atom is 0.231 e. The van der Waals surface area contributed by atoms with Crippen LogP contribution in [-0.2, 0) is 14.3 Å². The molecule has 5 nitrogen and oxygen atoms in total. The van der Waals surface area contributed by atoms with E-state index in [1.807, 2.05) is 12.1 Å². The topological polar surface area (TPSA) is 54.0 Å². The van der Waals surface area contributed by atoms with Gasteiger partial charge in [-0.3, -0.25) is 4.79 Å². The summed E-state index contributed by atoms with van der Waals surface area (Å²) in [6.45, 7) is 2.52. The van der Waals surface area contributed by atoms with Crippen molar-refractivity contribution in [2.45, 2.75) is 31.8 Å². The molecule has 1 spiro atoms. The summed E-state index contributed by atoms with van der Waals surface area (Å²) in [5.41, 5.74) is 0.971. The molecule has 2 aliphatic carbocycles. The van der Waals surface area contributed by atoms with Gasteiger partial charge in [0.15, 0.2) is 17.3 Å². The number of ketones is 1. The van der Waals surface area contributed by atoms with Crippen molar-refractivity contribution in [3.8, 4) is 11.5 Å². The van der Waals surface area contributed by atoms with Crippen LogP contribution in [0.2, 0.25) is 0 Å². The van der Waals surface area contributed by atoms with Crippen molar-refractivity contribution in [1.82, 2.24) is 0 Å². The maximum atomic E-state index is 12.2. The standard InChI is InChI=1S/C20H20O5/c1-11-14(12-3-4-16-17(5-12)24-10-23-16)6-13-8-20(11)9-18(22-2)15(21)7-19(20)25-13/h3-5,7,9,11,13-14H,6,8,10H2,1-2H3/t11-,13+,14-,20-/m0/s1. The molecule has 130 valence electrons. The third-order valence-electron chi connectivity index (χ3n) is 6.19. The Bertz CT molecular complexity index is 823. The first-order chi connectivity index (χ1) is 12.1. The number of benzene rings is 1. The molecule has 5 heteroatoms. The molecule has 1 saturated heterocycles. The zero-order valence-corrected chi connectivity index (χ0v) is 14.3. The molecular weight excluding hydrogens is 320 g/mol. The number of ether oxygens (including phenoxy) is 4. The molecular formula is C20H20O5. The molecule has 2 fully saturated rings. The van der Waals surface area contributed by atoms with Gasteiger partial charge < -0.3 is 18.9 Å². The molecule has 1 aromatic carbocycles. The van der Waals surface area contributed by atoms with Gasteiger partial charge in [-0.25, -0.2) is 0 Å². The minimum absolute atomic E-state index is 0.109. The Labute approximate surface area is 146 Å². The average molecular weight is 340 g/mol. The summed E-state index contributed by atoms with van der Waals surface area (Å²) in [6.07, 6.45) is 5.58. The second-order valence-electron chi connectivity index (χ2n) is 7.31. The summed E-state index contributed by atoms with van der Waals surface area (Å²) in [4.78, 5) is 12.2. The molecule has 25 heavy (non-hydrogen) atoms. The van der Waals surface area contributed by atoms with Gasteiger partial charge >= 0.3 is 0 Å². The van der Waals surface area contributed by atoms with E-state index in [1.54, 1.807) is 13.2 Å². The number of methoxy groups -OCH3 is 1. The smallest absolute Gasteiger partial charge is 0.231 e. The second kappa shape index (κ2) is 5.04. The molecule has 5 rings (SSSR count). The van der Waals surface area contributed by atoms with Crippen LogP contribution < -0.4 is 9.47 Å². The van der Waals surface area contributed by atoms with E-state index in [4.69, 9.17) is 18.9 Å². The fraction of sp³-hybridized carbons (Fsp3) is 0.450. The van der Waals surface area contributed by atoms with Crippen LogP contribution >= 0.6 is 0 Å². The molecule has 0 N–H and O–H groups in total. The summed E-state index contributed by atoms with van der Waals surface area (Å²) < 4.78 is 22.4. The third kappa shape index (κ3) is 1.98. The lowest BCUT2D eigenvalue weighted by atomic mass is 9.59. The van der Waals surface area contributed by atoms with Crippen LogP contribution in [-0.4, -0.2) is 25.8 Å². The molecule has 0 amide bonds. The molecule has 2 bridgehead atoms. The highest BCUT2D eigenvalue weighted by Gasteiger charge is 2.56. The molecule has 0 radical (unpaired) electrons. The Morgan fingerprint density at radius 1 is 1.24 bits per heavy atom. The van der Waals surface area contributed by atoms with E-state index in [9.17, 15) is 4.79 Å². The van der Waals surface area contributed by atoms with Gasteiger partial charge in [0.2, 0.25) is 12.6 Å². The fourth-order valence-electron chi connectivity index (χ4n) is 4.85. The number of carbonyl (C=O) groups is 1. The van der Waals surface area contributed by atoms with Crippen LogP contribution in [0.1, 0.15) is 31.2 Å². The first kappa shape index (κ1) is 14.9. The van der Waals surface area contributed by atoms with Gasteiger partial charge in [0.1, 0.15) is 11.9 Å². The van der Waals surface area contributed by atoms with E-state index in [1.165, 1.54) is 5.56 Å². The van der Waals surface area contributed by atoms with E-state index in [0.717, 1.165) is 30.1 Å². The zero-order chi connectivity index (χ0) is 17.2. The molecule has 4 aliphatic rings. The first-order valence-corrected chi connectivity index (χ1v) is 8.70. The summed E-state index contributed by atoms with van der Waals surface area (Å²) >= 11 is 0. The molecule has 4 atom stereocenters. The van der Waals surface area contributed by atoms with Gasteiger partial charge in [-0.15, -0.1) is 0 Å². The van der Waals surface area contributed by atoms with E-state index < -0.39 is 0 Å². The van der Waals surface area contributed by atoms with Crippen LogP contribution in [0.15, 0.2) is 41.9 Å². The quantitative estimate of drug-likeness (QED) is 0.827. The summed E-state index contributed by atoms with van der Waals surface area (Å²) in [7, 11) is 1.55. The van der Waals surface area contributed by atoms with Gasteiger partial charge in [-0.05, 0) is 42.0 Å². The predicted octanol–water partition coefficient (Wildman–Crippen LogP) is 3.31. The fourth-order valence-corrected chi connectivity index (χ4v) is 4.85. The van der Waals surface area contributed by atoms with Crippen molar-refractivity contribution in [3.05, 3.63) is 47.4 Å². The third-order valence-corrected chi connectivity index (χ3v) is 6.19. The lowest BCUT2D eigenvalue weighted by Gasteiger charge is -2.41. The van der Waals surface area contributed by atoms with Crippen molar-refractivity contribution in [1.29, 1.82) is 0 Å². The SMILES string of the molecule is COC1=C[C@@]23C[C@@H](C[C@H](c4ccc5c(c4)OCO5)[C@@H]2C)OC3=CC1=O. The molecule has 1 aromatic rings. The first-order valence-electron chi connectivity index (χ1n) is 8.70. The van der Waals surface area contributed by atoms with Crippen molar-refractivity contribution >= 4 is 5.78 Å². The minimum Gasteiger partial charge on any atom is -0.494 e. The highest BCUT2D eigenvalue weighted by atomic mass is 16.7.